The van der Waals surface area contributed by atoms with Gasteiger partial charge in [-0.3, -0.25) is 4.79 Å². The maximum Gasteiger partial charge on any atom is 0.186 e. The zero-order valence-electron chi connectivity index (χ0n) is 19.0. The Labute approximate surface area is 189 Å². The van der Waals surface area contributed by atoms with Gasteiger partial charge in [0.2, 0.25) is 0 Å². The highest BCUT2D eigenvalue weighted by Crippen LogP contribution is 2.29. The minimum atomic E-state index is 0.245. The molecule has 1 saturated heterocycles. The number of aromatic nitrogens is 2. The Hall–Kier alpha value is -2.18. The Bertz CT molecular complexity index is 1020. The van der Waals surface area contributed by atoms with Crippen molar-refractivity contribution in [2.24, 2.45) is 5.92 Å². The monoisotopic (exact) mass is 438 g/mol. The van der Waals surface area contributed by atoms with Crippen LogP contribution in [0.4, 0.5) is 5.13 Å². The van der Waals surface area contributed by atoms with Gasteiger partial charge in [0, 0.05) is 49.7 Å². The number of likely N-dealkylation sites (N-methyl/N-ethyl adjacent to an activating group) is 1. The number of carbonyl (C=O) groups is 1. The number of carbonyl (C=O) groups excluding carboxylic acids is 1. The zero-order valence-corrected chi connectivity index (χ0v) is 19.8. The predicted octanol–water partition coefficient (Wildman–Crippen LogP) is 5.31. The number of ketones is 1. The molecule has 1 aliphatic rings. The molecule has 1 aromatic carbocycles. The van der Waals surface area contributed by atoms with Gasteiger partial charge in [-0.05, 0) is 50.4 Å². The third-order valence-corrected chi connectivity index (χ3v) is 7.51. The summed E-state index contributed by atoms with van der Waals surface area (Å²) < 4.78 is 0. The number of nitrogens with one attached hydrogen (secondary N) is 1. The number of unbranched alkanes of at least 4 members (excludes halogenated alkanes) is 1. The summed E-state index contributed by atoms with van der Waals surface area (Å²) in [6.45, 7) is 8.42. The number of benzene rings is 1. The molecule has 3 aromatic rings. The molecule has 1 N–H and O–H groups in total. The molecule has 0 amide bonds. The summed E-state index contributed by atoms with van der Waals surface area (Å²) >= 11 is 1.57. The first-order valence-electron chi connectivity index (χ1n) is 11.5. The summed E-state index contributed by atoms with van der Waals surface area (Å²) in [6, 6.07) is 6.55. The fraction of sp³-hybridized carbons (Fsp3) is 0.520. The van der Waals surface area contributed by atoms with Gasteiger partial charge < -0.3 is 14.8 Å². The molecular formula is C25H34N4OS. The Morgan fingerprint density at radius 3 is 2.84 bits per heavy atom. The van der Waals surface area contributed by atoms with Gasteiger partial charge in [0.1, 0.15) is 0 Å². The number of Topliss-reactive ketones (excluding diaryl/α,β-unsaturated/α-hetero) is 1. The highest BCUT2D eigenvalue weighted by molar-refractivity contribution is 7.17. The van der Waals surface area contributed by atoms with Crippen LogP contribution in [-0.4, -0.2) is 53.9 Å². The van der Waals surface area contributed by atoms with Crippen molar-refractivity contribution < 1.29 is 4.79 Å². The Morgan fingerprint density at radius 2 is 2.06 bits per heavy atom. The van der Waals surface area contributed by atoms with Crippen LogP contribution in [0, 0.1) is 12.8 Å². The van der Waals surface area contributed by atoms with Gasteiger partial charge in [-0.1, -0.05) is 42.7 Å². The van der Waals surface area contributed by atoms with Crippen molar-refractivity contribution in [1.29, 1.82) is 0 Å². The third-order valence-electron chi connectivity index (χ3n) is 6.41. The second kappa shape index (κ2) is 9.96. The Kier molecular flexibility index (Phi) is 7.08. The molecule has 1 fully saturated rings. The van der Waals surface area contributed by atoms with Crippen LogP contribution in [0.3, 0.4) is 0 Å². The van der Waals surface area contributed by atoms with Gasteiger partial charge in [-0.25, -0.2) is 4.98 Å². The van der Waals surface area contributed by atoms with E-state index in [2.05, 4.69) is 65.1 Å². The SMILES string of the molecule is CCCCC(CC(=O)c1cnc(N2CCN(C)CC2)s1)Cc1c[nH]c2ccc(C)cc12. The van der Waals surface area contributed by atoms with Crippen LogP contribution in [0.2, 0.25) is 0 Å². The number of piperazine rings is 1. The van der Waals surface area contributed by atoms with Gasteiger partial charge in [0.25, 0.3) is 0 Å². The lowest BCUT2D eigenvalue weighted by molar-refractivity contribution is 0.0962. The lowest BCUT2D eigenvalue weighted by Gasteiger charge is -2.32. The molecule has 5 nitrogen and oxygen atoms in total. The first-order chi connectivity index (χ1) is 15.0. The molecule has 0 spiro atoms. The lowest BCUT2D eigenvalue weighted by Crippen LogP contribution is -2.44. The minimum absolute atomic E-state index is 0.245. The molecule has 4 rings (SSSR count). The van der Waals surface area contributed by atoms with Gasteiger partial charge in [-0.2, -0.15) is 0 Å². The van der Waals surface area contributed by atoms with Crippen molar-refractivity contribution in [3.63, 3.8) is 0 Å². The highest BCUT2D eigenvalue weighted by Gasteiger charge is 2.22. The Morgan fingerprint density at radius 1 is 1.26 bits per heavy atom. The average molecular weight is 439 g/mol. The van der Waals surface area contributed by atoms with E-state index in [4.69, 9.17) is 0 Å². The van der Waals surface area contributed by atoms with Crippen LogP contribution in [0.15, 0.2) is 30.6 Å². The molecule has 1 aliphatic heterocycles. The standard InChI is InChI=1S/C25H34N4OS/c1-4-5-6-19(14-20-16-26-22-8-7-18(2)13-21(20)22)15-23(30)24-17-27-25(31-24)29-11-9-28(3)10-12-29/h7-8,13,16-17,19,26H,4-6,9-12,14-15H2,1-3H3. The molecule has 166 valence electrons. The molecular weight excluding hydrogens is 404 g/mol. The van der Waals surface area contributed by atoms with E-state index in [0.717, 1.165) is 61.9 Å². The van der Waals surface area contributed by atoms with Crippen LogP contribution in [0.25, 0.3) is 10.9 Å². The molecule has 0 saturated carbocycles. The number of anilines is 1. The zero-order chi connectivity index (χ0) is 21.8. The number of hydrogen-bond acceptors (Lipinski definition) is 5. The molecule has 0 aliphatic carbocycles. The van der Waals surface area contributed by atoms with Crippen LogP contribution < -0.4 is 4.90 Å². The van der Waals surface area contributed by atoms with Crippen molar-refractivity contribution in [2.75, 3.05) is 38.1 Å². The first kappa shape index (κ1) is 22.0. The van der Waals surface area contributed by atoms with E-state index in [9.17, 15) is 4.79 Å². The van der Waals surface area contributed by atoms with Crippen molar-refractivity contribution in [3.8, 4) is 0 Å². The van der Waals surface area contributed by atoms with E-state index < -0.39 is 0 Å². The number of hydrogen-bond donors (Lipinski definition) is 1. The topological polar surface area (TPSA) is 52.2 Å². The Balaban J connectivity index is 1.45. The lowest BCUT2D eigenvalue weighted by atomic mass is 9.89. The fourth-order valence-electron chi connectivity index (χ4n) is 4.44. The van der Waals surface area contributed by atoms with Gasteiger partial charge in [-0.15, -0.1) is 0 Å². The van der Waals surface area contributed by atoms with Crippen molar-refractivity contribution in [2.45, 2.75) is 46.0 Å². The number of aryl methyl sites for hydroxylation is 1. The van der Waals surface area contributed by atoms with E-state index in [1.165, 1.54) is 22.0 Å². The molecule has 2 aromatic heterocycles. The van der Waals surface area contributed by atoms with E-state index in [1.54, 1.807) is 17.5 Å². The maximum absolute atomic E-state index is 13.1. The van der Waals surface area contributed by atoms with Crippen LogP contribution in [0.1, 0.15) is 53.4 Å². The second-order valence-corrected chi connectivity index (χ2v) is 10.0. The van der Waals surface area contributed by atoms with Crippen LogP contribution in [-0.2, 0) is 6.42 Å². The third kappa shape index (κ3) is 5.36. The van der Waals surface area contributed by atoms with E-state index >= 15 is 0 Å². The van der Waals surface area contributed by atoms with Gasteiger partial charge in [0.05, 0.1) is 11.1 Å². The molecule has 3 heterocycles. The quantitative estimate of drug-likeness (QED) is 0.460. The summed E-state index contributed by atoms with van der Waals surface area (Å²) in [5.74, 6) is 0.608. The number of H-pyrrole nitrogens is 1. The van der Waals surface area contributed by atoms with E-state index in [1.807, 2.05) is 0 Å². The first-order valence-corrected chi connectivity index (χ1v) is 12.3. The maximum atomic E-state index is 13.1. The summed E-state index contributed by atoms with van der Waals surface area (Å²) in [4.78, 5) is 26.6. The molecule has 0 bridgehead atoms. The normalized spacial score (nSPS) is 16.2. The molecule has 1 atom stereocenters. The summed E-state index contributed by atoms with van der Waals surface area (Å²) in [6.07, 6.45) is 8.88. The smallest absolute Gasteiger partial charge is 0.186 e. The summed E-state index contributed by atoms with van der Waals surface area (Å²) in [5.41, 5.74) is 3.78. The number of aromatic amines is 1. The summed E-state index contributed by atoms with van der Waals surface area (Å²) in [7, 11) is 2.15. The van der Waals surface area contributed by atoms with E-state index in [-0.39, 0.29) is 5.78 Å². The highest BCUT2D eigenvalue weighted by atomic mass is 32.1. The van der Waals surface area contributed by atoms with Gasteiger partial charge in [0.15, 0.2) is 10.9 Å². The van der Waals surface area contributed by atoms with Crippen LogP contribution in [0.5, 0.6) is 0 Å². The summed E-state index contributed by atoms with van der Waals surface area (Å²) in [5, 5.41) is 2.29. The van der Waals surface area contributed by atoms with Crippen molar-refractivity contribution in [1.82, 2.24) is 14.9 Å². The largest absolute Gasteiger partial charge is 0.361 e. The average Bonchev–Trinajstić information content (AvgIpc) is 3.40. The van der Waals surface area contributed by atoms with Crippen molar-refractivity contribution >= 4 is 33.2 Å². The number of thiazole rings is 1. The molecule has 0 radical (unpaired) electrons. The molecule has 6 heteroatoms. The van der Waals surface area contributed by atoms with Gasteiger partial charge >= 0.3 is 0 Å². The van der Waals surface area contributed by atoms with Crippen LogP contribution >= 0.6 is 11.3 Å². The second-order valence-electron chi connectivity index (χ2n) is 9.00. The number of rotatable bonds is 9. The predicted molar refractivity (Wildman–Crippen MR) is 131 cm³/mol. The molecule has 1 unspecified atom stereocenters. The number of fused-ring (bicyclic) bond motifs is 1. The molecule has 31 heavy (non-hydrogen) atoms. The minimum Gasteiger partial charge on any atom is -0.361 e. The number of nitrogens with zero attached hydrogens (tertiary/aromatic N) is 3. The van der Waals surface area contributed by atoms with E-state index in [0.29, 0.717) is 12.3 Å². The fourth-order valence-corrected chi connectivity index (χ4v) is 5.36. The van der Waals surface area contributed by atoms with Crippen molar-refractivity contribution in [3.05, 3.63) is 46.6 Å².